The molecule has 0 bridgehead atoms. The zero-order valence-corrected chi connectivity index (χ0v) is 13.9. The van der Waals surface area contributed by atoms with E-state index in [-0.39, 0.29) is 0 Å². The Hall–Kier alpha value is -1.75. The number of aliphatic hydroxyl groups excluding tert-OH is 1. The molecule has 0 saturated heterocycles. The van der Waals surface area contributed by atoms with Crippen molar-refractivity contribution in [2.45, 2.75) is 64.8 Å². The van der Waals surface area contributed by atoms with Gasteiger partial charge in [-0.3, -0.25) is 0 Å². The van der Waals surface area contributed by atoms with Gasteiger partial charge in [-0.2, -0.15) is 0 Å². The largest absolute Gasteiger partial charge is 0.444 e. The molecule has 0 aliphatic carbocycles. The van der Waals surface area contributed by atoms with E-state index in [1.165, 1.54) is 0 Å². The molecule has 1 amide bonds. The summed E-state index contributed by atoms with van der Waals surface area (Å²) in [6.07, 6.45) is 1.19. The minimum absolute atomic E-state index is 0.407. The number of benzene rings is 1. The number of rotatable bonds is 7. The average Bonchev–Trinajstić information content (AvgIpc) is 2.42. The van der Waals surface area contributed by atoms with Gasteiger partial charge in [0, 0.05) is 5.69 Å². The van der Waals surface area contributed by atoms with Gasteiger partial charge in [-0.25, -0.2) is 4.79 Å². The van der Waals surface area contributed by atoms with Crippen LogP contribution in [0.4, 0.5) is 10.5 Å². The van der Waals surface area contributed by atoms with Crippen LogP contribution in [0.1, 0.15) is 47.0 Å². The van der Waals surface area contributed by atoms with Gasteiger partial charge in [-0.1, -0.05) is 38.0 Å². The molecule has 2 unspecified atom stereocenters. The molecule has 0 aromatic heterocycles. The van der Waals surface area contributed by atoms with Gasteiger partial charge in [-0.05, 0) is 39.3 Å². The topological polar surface area (TPSA) is 70.6 Å². The Kier molecular flexibility index (Phi) is 7.18. The molecule has 5 heteroatoms. The summed E-state index contributed by atoms with van der Waals surface area (Å²) < 4.78 is 5.26. The molecule has 3 N–H and O–H groups in total. The maximum absolute atomic E-state index is 11.9. The first kappa shape index (κ1) is 18.3. The van der Waals surface area contributed by atoms with E-state index < -0.39 is 24.0 Å². The third-order valence-corrected chi connectivity index (χ3v) is 3.04. The molecule has 0 heterocycles. The number of aliphatic hydroxyl groups is 1. The Morgan fingerprint density at radius 2 is 1.91 bits per heavy atom. The molecule has 2 atom stereocenters. The summed E-state index contributed by atoms with van der Waals surface area (Å²) in [6, 6.07) is 9.01. The van der Waals surface area contributed by atoms with Crippen LogP contribution < -0.4 is 10.6 Å². The molecule has 1 rings (SSSR count). The first-order valence-corrected chi connectivity index (χ1v) is 7.81. The molecule has 1 aromatic carbocycles. The predicted octanol–water partition coefficient (Wildman–Crippen LogP) is 3.50. The van der Waals surface area contributed by atoms with E-state index in [1.54, 1.807) is 0 Å². The van der Waals surface area contributed by atoms with Crippen LogP contribution >= 0.6 is 0 Å². The average molecular weight is 308 g/mol. The number of carbonyl (C=O) groups is 1. The van der Waals surface area contributed by atoms with Crippen molar-refractivity contribution in [2.75, 3.05) is 5.32 Å². The monoisotopic (exact) mass is 308 g/mol. The van der Waals surface area contributed by atoms with Crippen molar-refractivity contribution in [1.29, 1.82) is 0 Å². The minimum atomic E-state index is -0.874. The molecule has 0 spiro atoms. The van der Waals surface area contributed by atoms with E-state index in [9.17, 15) is 9.90 Å². The number of anilines is 1. The van der Waals surface area contributed by atoms with Crippen LogP contribution in [0.25, 0.3) is 0 Å². The van der Waals surface area contributed by atoms with Crippen LogP contribution in [0, 0.1) is 0 Å². The summed E-state index contributed by atoms with van der Waals surface area (Å²) >= 11 is 0. The van der Waals surface area contributed by atoms with Gasteiger partial charge in [0.2, 0.25) is 0 Å². The van der Waals surface area contributed by atoms with Crippen LogP contribution in [-0.4, -0.2) is 29.1 Å². The smallest absolute Gasteiger partial charge is 0.408 e. The number of amides is 1. The molecule has 0 aliphatic heterocycles. The molecule has 22 heavy (non-hydrogen) atoms. The Labute approximate surface area is 133 Å². The van der Waals surface area contributed by atoms with Gasteiger partial charge in [0.05, 0.1) is 6.04 Å². The maximum Gasteiger partial charge on any atom is 0.408 e. The quantitative estimate of drug-likeness (QED) is 0.674. The fourth-order valence-electron chi connectivity index (χ4n) is 2.00. The fourth-order valence-corrected chi connectivity index (χ4v) is 2.00. The van der Waals surface area contributed by atoms with E-state index >= 15 is 0 Å². The molecule has 0 saturated carbocycles. The van der Waals surface area contributed by atoms with E-state index in [0.717, 1.165) is 18.5 Å². The number of alkyl carbamates (subject to hydrolysis) is 1. The zero-order valence-electron chi connectivity index (χ0n) is 13.9. The Bertz CT molecular complexity index is 443. The maximum atomic E-state index is 11.9. The van der Waals surface area contributed by atoms with Crippen LogP contribution in [0.3, 0.4) is 0 Å². The SMILES string of the molecule is CCCCC(NC(=O)OC(C)(C)C)C(O)Nc1ccccc1. The predicted molar refractivity (Wildman–Crippen MR) is 88.8 cm³/mol. The van der Waals surface area contributed by atoms with Gasteiger partial charge >= 0.3 is 6.09 Å². The first-order valence-electron chi connectivity index (χ1n) is 7.81. The number of carbonyl (C=O) groups excluding carboxylic acids is 1. The van der Waals surface area contributed by atoms with E-state index in [1.807, 2.05) is 51.1 Å². The van der Waals surface area contributed by atoms with Gasteiger partial charge in [-0.15, -0.1) is 0 Å². The minimum Gasteiger partial charge on any atom is -0.444 e. The van der Waals surface area contributed by atoms with Crippen LogP contribution in [0.5, 0.6) is 0 Å². The van der Waals surface area contributed by atoms with Crippen molar-refractivity contribution in [3.05, 3.63) is 30.3 Å². The van der Waals surface area contributed by atoms with E-state index in [2.05, 4.69) is 17.6 Å². The molecule has 124 valence electrons. The number of hydrogen-bond acceptors (Lipinski definition) is 4. The lowest BCUT2D eigenvalue weighted by molar-refractivity contribution is 0.0436. The number of nitrogens with one attached hydrogen (secondary N) is 2. The Morgan fingerprint density at radius 1 is 1.27 bits per heavy atom. The molecular weight excluding hydrogens is 280 g/mol. The second-order valence-electron chi connectivity index (χ2n) is 6.35. The highest BCUT2D eigenvalue weighted by molar-refractivity contribution is 5.68. The molecule has 0 fully saturated rings. The fraction of sp³-hybridized carbons (Fsp3) is 0.588. The lowest BCUT2D eigenvalue weighted by Gasteiger charge is -2.27. The van der Waals surface area contributed by atoms with Crippen LogP contribution in [0.15, 0.2) is 30.3 Å². The number of unbranched alkanes of at least 4 members (excludes halogenated alkanes) is 1. The Morgan fingerprint density at radius 3 is 2.45 bits per heavy atom. The summed E-state index contributed by atoms with van der Waals surface area (Å²) in [5.74, 6) is 0. The number of ether oxygens (including phenoxy) is 1. The summed E-state index contributed by atoms with van der Waals surface area (Å²) in [4.78, 5) is 11.9. The number of hydrogen-bond donors (Lipinski definition) is 3. The van der Waals surface area contributed by atoms with Gasteiger partial charge < -0.3 is 20.5 Å². The zero-order chi connectivity index (χ0) is 16.6. The molecule has 1 aromatic rings. The lowest BCUT2D eigenvalue weighted by Crippen LogP contribution is -2.48. The number of para-hydroxylation sites is 1. The van der Waals surface area contributed by atoms with Crippen LogP contribution in [0.2, 0.25) is 0 Å². The van der Waals surface area contributed by atoms with Crippen LogP contribution in [-0.2, 0) is 4.74 Å². The third kappa shape index (κ3) is 7.31. The summed E-state index contributed by atoms with van der Waals surface area (Å²) in [5.41, 5.74) is 0.250. The van der Waals surface area contributed by atoms with Crippen molar-refractivity contribution in [1.82, 2.24) is 5.32 Å². The highest BCUT2D eigenvalue weighted by Crippen LogP contribution is 2.13. The van der Waals surface area contributed by atoms with Crippen molar-refractivity contribution >= 4 is 11.8 Å². The second kappa shape index (κ2) is 8.63. The summed E-state index contributed by atoms with van der Waals surface area (Å²) in [5, 5.41) is 16.1. The summed E-state index contributed by atoms with van der Waals surface area (Å²) in [6.45, 7) is 7.51. The first-order chi connectivity index (χ1) is 10.3. The second-order valence-corrected chi connectivity index (χ2v) is 6.35. The molecule has 0 aliphatic rings. The van der Waals surface area contributed by atoms with E-state index in [4.69, 9.17) is 4.74 Å². The van der Waals surface area contributed by atoms with E-state index in [0.29, 0.717) is 6.42 Å². The normalized spacial score (nSPS) is 14.0. The standard InChI is InChI=1S/C17H28N2O3/c1-5-6-12-14(19-16(21)22-17(2,3)4)15(20)18-13-10-8-7-9-11-13/h7-11,14-15,18,20H,5-6,12H2,1-4H3,(H,19,21). The van der Waals surface area contributed by atoms with Crippen molar-refractivity contribution < 1.29 is 14.6 Å². The van der Waals surface area contributed by atoms with Gasteiger partial charge in [0.15, 0.2) is 0 Å². The Balaban J connectivity index is 2.64. The van der Waals surface area contributed by atoms with Crippen molar-refractivity contribution in [2.24, 2.45) is 0 Å². The van der Waals surface area contributed by atoms with Crippen molar-refractivity contribution in [3.63, 3.8) is 0 Å². The highest BCUT2D eigenvalue weighted by atomic mass is 16.6. The lowest BCUT2D eigenvalue weighted by atomic mass is 10.1. The van der Waals surface area contributed by atoms with Gasteiger partial charge in [0.25, 0.3) is 0 Å². The third-order valence-electron chi connectivity index (χ3n) is 3.04. The molecular formula is C17H28N2O3. The van der Waals surface area contributed by atoms with Crippen molar-refractivity contribution in [3.8, 4) is 0 Å². The molecule has 5 nitrogen and oxygen atoms in total. The summed E-state index contributed by atoms with van der Waals surface area (Å²) in [7, 11) is 0. The highest BCUT2D eigenvalue weighted by Gasteiger charge is 2.24. The molecule has 0 radical (unpaired) electrons. The van der Waals surface area contributed by atoms with Gasteiger partial charge in [0.1, 0.15) is 11.8 Å².